The van der Waals surface area contributed by atoms with Crippen molar-refractivity contribution < 1.29 is 25.8 Å². The van der Waals surface area contributed by atoms with Crippen LogP contribution in [0.5, 0.6) is 11.5 Å². The number of anilines is 4. The van der Waals surface area contributed by atoms with E-state index in [0.29, 0.717) is 11.5 Å². The predicted molar refractivity (Wildman–Crippen MR) is 192 cm³/mol. The van der Waals surface area contributed by atoms with Crippen LogP contribution in [0.15, 0.2) is 122 Å². The first-order valence-corrected chi connectivity index (χ1v) is 16.1. The summed E-state index contributed by atoms with van der Waals surface area (Å²) in [6, 6.07) is 44.3. The number of nitrogens with zero attached hydrogens (tertiary/aromatic N) is 4. The Bertz CT molecular complexity index is 2040. The van der Waals surface area contributed by atoms with Gasteiger partial charge in [-0.3, -0.25) is 4.68 Å². The van der Waals surface area contributed by atoms with E-state index in [1.807, 2.05) is 65.6 Å². The predicted octanol–water partition coefficient (Wildman–Crippen LogP) is 10.9. The third kappa shape index (κ3) is 6.70. The van der Waals surface area contributed by atoms with E-state index < -0.39 is 0 Å². The normalized spacial score (nSPS) is 12.9. The molecule has 6 aromatic rings. The topological polar surface area (TPSA) is 33.5 Å². The molecule has 0 aliphatic carbocycles. The van der Waals surface area contributed by atoms with E-state index in [4.69, 9.17) is 4.74 Å². The van der Waals surface area contributed by atoms with E-state index in [0.717, 1.165) is 33.9 Å². The maximum absolute atomic E-state index is 6.33. The summed E-state index contributed by atoms with van der Waals surface area (Å²) in [5.74, 6) is 1.20. The summed E-state index contributed by atoms with van der Waals surface area (Å²) in [6.07, 6.45) is 3.87. The molecule has 0 saturated carbocycles. The Labute approximate surface area is 299 Å². The molecule has 1 aliphatic heterocycles. The van der Waals surface area contributed by atoms with E-state index in [2.05, 4.69) is 136 Å². The minimum Gasteiger partial charge on any atom is -0.509 e. The molecule has 0 radical (unpaired) electrons. The quantitative estimate of drug-likeness (QED) is 0.157. The molecular weight excluding hydrogens is 772 g/mol. The van der Waals surface area contributed by atoms with Crippen LogP contribution in [0.1, 0.15) is 52.7 Å². The SMILES string of the molecule is CC(C)(C)c1ccc(N2[CH-]N(c3[c-]c(Oc4[c-]c(-n5cc(-c6ccccc6)cn5)ccc4)ccc3)c3ccccc32)c(C(C)(C)C)c1.[Pt]. The summed E-state index contributed by atoms with van der Waals surface area (Å²) in [6.45, 7) is 15.8. The van der Waals surface area contributed by atoms with Crippen LogP contribution in [0.3, 0.4) is 0 Å². The molecule has 0 bridgehead atoms. The second-order valence-corrected chi connectivity index (χ2v) is 14.0. The summed E-state index contributed by atoms with van der Waals surface area (Å²) < 4.78 is 8.15. The van der Waals surface area contributed by atoms with E-state index in [1.165, 1.54) is 16.8 Å². The van der Waals surface area contributed by atoms with Crippen molar-refractivity contribution in [3.8, 4) is 28.3 Å². The second kappa shape index (κ2) is 13.1. The van der Waals surface area contributed by atoms with Gasteiger partial charge in [0.1, 0.15) is 0 Å². The number of rotatable bonds is 6. The van der Waals surface area contributed by atoms with Crippen molar-refractivity contribution in [3.63, 3.8) is 0 Å². The number of hydrogen-bond acceptors (Lipinski definition) is 4. The van der Waals surface area contributed by atoms with Gasteiger partial charge < -0.3 is 14.5 Å². The number of benzene rings is 5. The summed E-state index contributed by atoms with van der Waals surface area (Å²) in [7, 11) is 0. The van der Waals surface area contributed by atoms with Gasteiger partial charge in [0.25, 0.3) is 0 Å². The minimum atomic E-state index is -0.0446. The van der Waals surface area contributed by atoms with Gasteiger partial charge in [-0.15, -0.1) is 48.8 Å². The van der Waals surface area contributed by atoms with Gasteiger partial charge in [-0.25, -0.2) is 0 Å². The number of hydrogen-bond donors (Lipinski definition) is 0. The minimum absolute atomic E-state index is 0. The smallest absolute Gasteiger partial charge is 0.0571 e. The zero-order chi connectivity index (χ0) is 32.8. The third-order valence-electron chi connectivity index (χ3n) is 8.48. The fraction of sp³-hybridized carbons (Fsp3) is 0.190. The van der Waals surface area contributed by atoms with E-state index >= 15 is 0 Å². The Morgan fingerprint density at radius 1 is 0.604 bits per heavy atom. The average Bonchev–Trinajstić information content (AvgIpc) is 3.71. The maximum Gasteiger partial charge on any atom is 0.0571 e. The molecule has 0 saturated heterocycles. The summed E-state index contributed by atoms with van der Waals surface area (Å²) in [4.78, 5) is 4.48. The zero-order valence-corrected chi connectivity index (χ0v) is 30.4. The molecule has 0 amide bonds. The molecule has 1 aromatic heterocycles. The fourth-order valence-electron chi connectivity index (χ4n) is 5.93. The largest absolute Gasteiger partial charge is 0.509 e. The van der Waals surface area contributed by atoms with Gasteiger partial charge in [-0.05, 0) is 51.4 Å². The molecule has 48 heavy (non-hydrogen) atoms. The molecule has 2 heterocycles. The summed E-state index contributed by atoms with van der Waals surface area (Å²) in [5, 5.41) is 4.58. The van der Waals surface area contributed by atoms with Gasteiger partial charge in [0, 0.05) is 61.4 Å². The van der Waals surface area contributed by atoms with Gasteiger partial charge in [0.05, 0.1) is 6.20 Å². The molecule has 0 atom stereocenters. The number of fused-ring (bicyclic) bond motifs is 1. The van der Waals surface area contributed by atoms with E-state index in [1.54, 1.807) is 0 Å². The first kappa shape index (κ1) is 33.3. The monoisotopic (exact) mass is 810 g/mol. The van der Waals surface area contributed by atoms with Crippen LogP contribution in [0.25, 0.3) is 16.8 Å². The molecule has 7 rings (SSSR count). The van der Waals surface area contributed by atoms with Crippen LogP contribution >= 0.6 is 0 Å². The standard InChI is InChI=1S/C42H39N4O.Pt/c1-41(2,3)32-22-23-38(37(24-32)42(4,5)6)45-29-44(39-20-10-11-21-40(39)45)33-16-12-18-35(25-33)47-36-19-13-17-34(26-36)46-28-31(27-43-46)30-14-8-7-9-15-30;/h7-24,27-29H,1-6H3;/q-3;. The molecule has 5 nitrogen and oxygen atoms in total. The van der Waals surface area contributed by atoms with Crippen LogP contribution in [-0.4, -0.2) is 9.78 Å². The van der Waals surface area contributed by atoms with Crippen molar-refractivity contribution >= 4 is 22.7 Å². The average molecular weight is 811 g/mol. The Kier molecular flexibility index (Phi) is 9.11. The van der Waals surface area contributed by atoms with Gasteiger partial charge >= 0.3 is 0 Å². The molecule has 1 aliphatic rings. The number of aromatic nitrogens is 2. The number of para-hydroxylation sites is 2. The Hall–Kier alpha value is -4.60. The second-order valence-electron chi connectivity index (χ2n) is 14.0. The van der Waals surface area contributed by atoms with Crippen molar-refractivity contribution in [2.45, 2.75) is 52.4 Å². The summed E-state index contributed by atoms with van der Waals surface area (Å²) in [5.41, 5.74) is 9.88. The van der Waals surface area contributed by atoms with E-state index in [-0.39, 0.29) is 31.9 Å². The van der Waals surface area contributed by atoms with Gasteiger partial charge in [-0.1, -0.05) is 96.1 Å². The molecule has 5 aromatic carbocycles. The number of ether oxygens (including phenoxy) is 1. The Morgan fingerprint density at radius 3 is 1.90 bits per heavy atom. The third-order valence-corrected chi connectivity index (χ3v) is 8.48. The zero-order valence-electron chi connectivity index (χ0n) is 28.1. The van der Waals surface area contributed by atoms with Crippen LogP contribution in [0, 0.1) is 18.8 Å². The molecule has 0 spiro atoms. The molecule has 0 fully saturated rings. The van der Waals surface area contributed by atoms with E-state index in [9.17, 15) is 0 Å². The first-order chi connectivity index (χ1) is 22.5. The Balaban J connectivity index is 0.00000401. The Morgan fingerprint density at radius 2 is 1.23 bits per heavy atom. The molecular formula is C42H39N4OPt-3. The van der Waals surface area contributed by atoms with Crippen molar-refractivity contribution in [3.05, 3.63) is 152 Å². The van der Waals surface area contributed by atoms with Crippen LogP contribution in [0.4, 0.5) is 22.7 Å². The molecule has 0 N–H and O–H groups in total. The fourth-order valence-corrected chi connectivity index (χ4v) is 5.93. The van der Waals surface area contributed by atoms with Crippen LogP contribution < -0.4 is 14.5 Å². The molecule has 246 valence electrons. The van der Waals surface area contributed by atoms with Crippen molar-refractivity contribution in [2.24, 2.45) is 0 Å². The van der Waals surface area contributed by atoms with Gasteiger partial charge in [0.15, 0.2) is 0 Å². The van der Waals surface area contributed by atoms with Crippen LogP contribution in [-0.2, 0) is 31.9 Å². The van der Waals surface area contributed by atoms with Crippen molar-refractivity contribution in [2.75, 3.05) is 9.80 Å². The van der Waals surface area contributed by atoms with Crippen molar-refractivity contribution in [1.29, 1.82) is 0 Å². The van der Waals surface area contributed by atoms with Crippen LogP contribution in [0.2, 0.25) is 0 Å². The first-order valence-electron chi connectivity index (χ1n) is 16.1. The summed E-state index contributed by atoms with van der Waals surface area (Å²) >= 11 is 0. The molecule has 6 heteroatoms. The van der Waals surface area contributed by atoms with Crippen molar-refractivity contribution in [1.82, 2.24) is 9.78 Å². The van der Waals surface area contributed by atoms with Gasteiger partial charge in [-0.2, -0.15) is 17.2 Å². The van der Waals surface area contributed by atoms with Gasteiger partial charge in [0.2, 0.25) is 0 Å². The maximum atomic E-state index is 6.33. The molecule has 0 unspecified atom stereocenters.